The maximum atomic E-state index is 12.0. The highest BCUT2D eigenvalue weighted by Gasteiger charge is 2.27. The van der Waals surface area contributed by atoms with Gasteiger partial charge in [-0.05, 0) is 24.6 Å². The van der Waals surface area contributed by atoms with Gasteiger partial charge in [-0.15, -0.1) is 11.3 Å². The van der Waals surface area contributed by atoms with Crippen LogP contribution in [0.1, 0.15) is 18.5 Å². The topological polar surface area (TPSA) is 100 Å². The second kappa shape index (κ2) is 7.62. The maximum Gasteiger partial charge on any atom is 0.248 e. The minimum atomic E-state index is -0.522. The molecule has 1 aromatic heterocycles. The fourth-order valence-electron chi connectivity index (χ4n) is 2.38. The Kier molecular flexibility index (Phi) is 5.30. The SMILES string of the molecule is O=C(Cc1csc(NC(=O)C2CCC(=O)N2)n1)Nc1cccc(Cl)c1. The van der Waals surface area contributed by atoms with Crippen LogP contribution in [0.25, 0.3) is 0 Å². The Balaban J connectivity index is 1.53. The lowest BCUT2D eigenvalue weighted by Crippen LogP contribution is -2.37. The third-order valence-corrected chi connectivity index (χ3v) is 4.59. The van der Waals surface area contributed by atoms with Gasteiger partial charge in [0.25, 0.3) is 0 Å². The van der Waals surface area contributed by atoms with Gasteiger partial charge in [0.05, 0.1) is 12.1 Å². The van der Waals surface area contributed by atoms with Crippen LogP contribution < -0.4 is 16.0 Å². The molecule has 1 saturated heterocycles. The summed E-state index contributed by atoms with van der Waals surface area (Å²) in [5.41, 5.74) is 1.16. The molecule has 1 aromatic carbocycles. The Labute approximate surface area is 152 Å². The molecule has 25 heavy (non-hydrogen) atoms. The van der Waals surface area contributed by atoms with Gasteiger partial charge in [0.1, 0.15) is 6.04 Å². The lowest BCUT2D eigenvalue weighted by Gasteiger charge is -2.08. The van der Waals surface area contributed by atoms with Gasteiger partial charge in [-0.2, -0.15) is 0 Å². The summed E-state index contributed by atoms with van der Waals surface area (Å²) >= 11 is 7.11. The van der Waals surface area contributed by atoms with Gasteiger partial charge in [0.15, 0.2) is 5.13 Å². The first-order valence-electron chi connectivity index (χ1n) is 7.59. The minimum Gasteiger partial charge on any atom is -0.344 e. The summed E-state index contributed by atoms with van der Waals surface area (Å²) in [6, 6.07) is 6.34. The molecule has 0 bridgehead atoms. The van der Waals surface area contributed by atoms with E-state index in [4.69, 9.17) is 11.6 Å². The third kappa shape index (κ3) is 4.77. The van der Waals surface area contributed by atoms with E-state index in [1.165, 1.54) is 11.3 Å². The molecule has 7 nitrogen and oxygen atoms in total. The molecule has 1 aliphatic rings. The Morgan fingerprint density at radius 2 is 2.20 bits per heavy atom. The van der Waals surface area contributed by atoms with Crippen LogP contribution in [0.4, 0.5) is 10.8 Å². The Morgan fingerprint density at radius 3 is 2.92 bits per heavy atom. The van der Waals surface area contributed by atoms with Crippen LogP contribution >= 0.6 is 22.9 Å². The smallest absolute Gasteiger partial charge is 0.248 e. The van der Waals surface area contributed by atoms with Crippen molar-refractivity contribution in [1.82, 2.24) is 10.3 Å². The molecule has 3 amide bonds. The van der Waals surface area contributed by atoms with Crippen molar-refractivity contribution < 1.29 is 14.4 Å². The molecule has 130 valence electrons. The number of hydrogen-bond donors (Lipinski definition) is 3. The zero-order valence-electron chi connectivity index (χ0n) is 13.0. The lowest BCUT2D eigenvalue weighted by atomic mass is 10.2. The number of amides is 3. The predicted octanol–water partition coefficient (Wildman–Crippen LogP) is 2.19. The standard InChI is InChI=1S/C16H15ClN4O3S/c17-9-2-1-3-10(6-9)18-14(23)7-11-8-25-16(19-11)21-15(24)12-4-5-13(22)20-12/h1-3,6,8,12H,4-5,7H2,(H,18,23)(H,20,22)(H,19,21,24). The molecule has 0 aliphatic carbocycles. The molecule has 0 radical (unpaired) electrons. The van der Waals surface area contributed by atoms with E-state index in [-0.39, 0.29) is 24.1 Å². The van der Waals surface area contributed by atoms with Crippen molar-refractivity contribution in [2.45, 2.75) is 25.3 Å². The fourth-order valence-corrected chi connectivity index (χ4v) is 3.29. The van der Waals surface area contributed by atoms with Crippen molar-refractivity contribution in [2.24, 2.45) is 0 Å². The van der Waals surface area contributed by atoms with Gasteiger partial charge in [-0.1, -0.05) is 17.7 Å². The molecule has 1 aliphatic heterocycles. The monoisotopic (exact) mass is 378 g/mol. The van der Waals surface area contributed by atoms with Crippen LogP contribution in [0, 0.1) is 0 Å². The molecule has 1 unspecified atom stereocenters. The molecule has 0 saturated carbocycles. The molecule has 2 aromatic rings. The average molecular weight is 379 g/mol. The van der Waals surface area contributed by atoms with Gasteiger partial charge in [-0.3, -0.25) is 14.4 Å². The van der Waals surface area contributed by atoms with Crippen molar-refractivity contribution >= 4 is 51.5 Å². The summed E-state index contributed by atoms with van der Waals surface area (Å²) in [5.74, 6) is -0.652. The number of hydrogen-bond acceptors (Lipinski definition) is 5. The first-order chi connectivity index (χ1) is 12.0. The van der Waals surface area contributed by atoms with E-state index in [9.17, 15) is 14.4 Å². The number of benzene rings is 1. The van der Waals surface area contributed by atoms with Crippen LogP contribution in [0.2, 0.25) is 5.02 Å². The highest BCUT2D eigenvalue weighted by molar-refractivity contribution is 7.13. The number of anilines is 2. The zero-order chi connectivity index (χ0) is 17.8. The molecule has 1 atom stereocenters. The molecule has 0 spiro atoms. The number of carbonyl (C=O) groups is 3. The summed E-state index contributed by atoms with van der Waals surface area (Å²) in [5, 5.41) is 10.6. The summed E-state index contributed by atoms with van der Waals surface area (Å²) in [6.07, 6.45) is 0.912. The van der Waals surface area contributed by atoms with Gasteiger partial charge in [0, 0.05) is 22.5 Å². The number of nitrogens with one attached hydrogen (secondary N) is 3. The van der Waals surface area contributed by atoms with Crippen LogP contribution in [0.15, 0.2) is 29.6 Å². The van der Waals surface area contributed by atoms with Crippen LogP contribution in [-0.2, 0) is 20.8 Å². The minimum absolute atomic E-state index is 0.0824. The Bertz CT molecular complexity index is 823. The van der Waals surface area contributed by atoms with E-state index in [2.05, 4.69) is 20.9 Å². The molecular weight excluding hydrogens is 364 g/mol. The van der Waals surface area contributed by atoms with E-state index in [0.29, 0.717) is 34.4 Å². The van der Waals surface area contributed by atoms with Crippen LogP contribution in [0.3, 0.4) is 0 Å². The number of carbonyl (C=O) groups excluding carboxylic acids is 3. The van der Waals surface area contributed by atoms with Crippen molar-refractivity contribution in [2.75, 3.05) is 10.6 Å². The number of thiazole rings is 1. The van der Waals surface area contributed by atoms with Crippen LogP contribution in [0.5, 0.6) is 0 Å². The number of rotatable bonds is 5. The van der Waals surface area contributed by atoms with E-state index < -0.39 is 6.04 Å². The molecular formula is C16H15ClN4O3S. The molecule has 2 heterocycles. The largest absolute Gasteiger partial charge is 0.344 e. The highest BCUT2D eigenvalue weighted by atomic mass is 35.5. The molecule has 9 heteroatoms. The van der Waals surface area contributed by atoms with Crippen molar-refractivity contribution in [1.29, 1.82) is 0 Å². The van der Waals surface area contributed by atoms with Gasteiger partial charge >= 0.3 is 0 Å². The number of nitrogens with zero attached hydrogens (tertiary/aromatic N) is 1. The Morgan fingerprint density at radius 1 is 1.36 bits per heavy atom. The first-order valence-corrected chi connectivity index (χ1v) is 8.85. The molecule has 3 N–H and O–H groups in total. The third-order valence-electron chi connectivity index (χ3n) is 3.54. The highest BCUT2D eigenvalue weighted by Crippen LogP contribution is 2.19. The van der Waals surface area contributed by atoms with Crippen molar-refractivity contribution in [3.8, 4) is 0 Å². The zero-order valence-corrected chi connectivity index (χ0v) is 14.6. The van der Waals surface area contributed by atoms with Crippen LogP contribution in [-0.4, -0.2) is 28.7 Å². The number of aromatic nitrogens is 1. The second-order valence-corrected chi connectivity index (χ2v) is 6.82. The van der Waals surface area contributed by atoms with E-state index in [1.54, 1.807) is 29.6 Å². The average Bonchev–Trinajstić information content (AvgIpc) is 3.16. The van der Waals surface area contributed by atoms with E-state index in [0.717, 1.165) is 0 Å². The number of halogens is 1. The Hall–Kier alpha value is -2.45. The second-order valence-electron chi connectivity index (χ2n) is 5.53. The van der Waals surface area contributed by atoms with E-state index >= 15 is 0 Å². The maximum absolute atomic E-state index is 12.0. The first kappa shape index (κ1) is 17.4. The van der Waals surface area contributed by atoms with Gasteiger partial charge in [-0.25, -0.2) is 4.98 Å². The lowest BCUT2D eigenvalue weighted by molar-refractivity contribution is -0.122. The predicted molar refractivity (Wildman–Crippen MR) is 95.7 cm³/mol. The summed E-state index contributed by atoms with van der Waals surface area (Å²) < 4.78 is 0. The van der Waals surface area contributed by atoms with Crippen molar-refractivity contribution in [3.63, 3.8) is 0 Å². The van der Waals surface area contributed by atoms with Crippen molar-refractivity contribution in [3.05, 3.63) is 40.4 Å². The summed E-state index contributed by atoms with van der Waals surface area (Å²) in [7, 11) is 0. The normalized spacial score (nSPS) is 16.4. The summed E-state index contributed by atoms with van der Waals surface area (Å²) in [4.78, 5) is 39.4. The quantitative estimate of drug-likeness (QED) is 0.742. The molecule has 1 fully saturated rings. The van der Waals surface area contributed by atoms with Gasteiger partial charge < -0.3 is 16.0 Å². The van der Waals surface area contributed by atoms with Gasteiger partial charge in [0.2, 0.25) is 17.7 Å². The van der Waals surface area contributed by atoms with E-state index in [1.807, 2.05) is 0 Å². The fraction of sp³-hybridized carbons (Fsp3) is 0.250. The summed E-state index contributed by atoms with van der Waals surface area (Å²) in [6.45, 7) is 0. The molecule has 3 rings (SSSR count).